The lowest BCUT2D eigenvalue weighted by Gasteiger charge is -2.25. The zero-order chi connectivity index (χ0) is 37.3. The number of hydrogen-bond donors (Lipinski definition) is 3. The zero-order valence-electron chi connectivity index (χ0n) is 29.2. The molecule has 4 aromatic rings. The Balaban J connectivity index is 1.15. The summed E-state index contributed by atoms with van der Waals surface area (Å²) in [5, 5.41) is 6.19. The number of fused-ring (bicyclic) bond motifs is 3. The third-order valence-corrected chi connectivity index (χ3v) is 11.3. The molecule has 3 aliphatic rings. The van der Waals surface area contributed by atoms with Crippen molar-refractivity contribution in [3.8, 4) is 22.8 Å². The predicted octanol–water partition coefficient (Wildman–Crippen LogP) is 4.34. The van der Waals surface area contributed by atoms with E-state index in [0.717, 1.165) is 10.9 Å². The second kappa shape index (κ2) is 14.3. The van der Waals surface area contributed by atoms with Crippen LogP contribution in [0.2, 0.25) is 0 Å². The molecule has 13 nitrogen and oxygen atoms in total. The second-order valence-electron chi connectivity index (χ2n) is 13.5. The summed E-state index contributed by atoms with van der Waals surface area (Å²) >= 11 is 0. The SMILES string of the molecule is COc1ccc2c(O[C@@H]3C[C@@H](C(=O)N[C@]45C[C@H]4/C=C/CCCC(=O)Nc4ccccc4S(=O)(=O)NC5=O)N(C(C)=O)C3)cc(-c3ccccc3)nc2c1. The lowest BCUT2D eigenvalue weighted by molar-refractivity contribution is -0.138. The van der Waals surface area contributed by atoms with Gasteiger partial charge in [-0.05, 0) is 43.5 Å². The van der Waals surface area contributed by atoms with Gasteiger partial charge in [0.25, 0.3) is 15.9 Å². The van der Waals surface area contributed by atoms with Crippen molar-refractivity contribution in [2.45, 2.75) is 61.6 Å². The Morgan fingerprint density at radius 1 is 1.02 bits per heavy atom. The van der Waals surface area contributed by atoms with Gasteiger partial charge in [-0.25, -0.2) is 18.1 Å². The van der Waals surface area contributed by atoms with Gasteiger partial charge in [0.05, 0.1) is 30.6 Å². The molecule has 1 aromatic heterocycles. The van der Waals surface area contributed by atoms with Gasteiger partial charge in [-0.1, -0.05) is 54.6 Å². The van der Waals surface area contributed by atoms with Gasteiger partial charge < -0.3 is 25.0 Å². The normalized spacial score (nSPS) is 24.4. The van der Waals surface area contributed by atoms with Gasteiger partial charge in [0.1, 0.15) is 34.1 Å². The summed E-state index contributed by atoms with van der Waals surface area (Å²) in [6.07, 6.45) is 4.47. The Bertz CT molecular complexity index is 2250. The van der Waals surface area contributed by atoms with Crippen LogP contribution in [-0.2, 0) is 29.2 Å². The minimum atomic E-state index is -4.46. The Hall–Kier alpha value is -5.76. The van der Waals surface area contributed by atoms with Crippen LogP contribution < -0.4 is 24.8 Å². The van der Waals surface area contributed by atoms with Crippen LogP contribution in [0.1, 0.15) is 39.0 Å². The molecule has 3 aromatic carbocycles. The molecule has 2 aliphatic heterocycles. The van der Waals surface area contributed by atoms with E-state index in [1.54, 1.807) is 25.3 Å². The maximum absolute atomic E-state index is 14.1. The van der Waals surface area contributed by atoms with Crippen molar-refractivity contribution >= 4 is 50.2 Å². The van der Waals surface area contributed by atoms with Gasteiger partial charge in [0, 0.05) is 48.8 Å². The zero-order valence-corrected chi connectivity index (χ0v) is 30.0. The largest absolute Gasteiger partial charge is 0.497 e. The highest BCUT2D eigenvalue weighted by atomic mass is 32.2. The fourth-order valence-electron chi connectivity index (χ4n) is 7.03. The average Bonchev–Trinajstić information content (AvgIpc) is 3.67. The van der Waals surface area contributed by atoms with Crippen molar-refractivity contribution in [1.82, 2.24) is 19.9 Å². The molecular formula is C39H39N5O8S. The molecule has 2 fully saturated rings. The first kappa shape index (κ1) is 35.6. The van der Waals surface area contributed by atoms with Crippen molar-refractivity contribution in [1.29, 1.82) is 0 Å². The van der Waals surface area contributed by atoms with Crippen LogP contribution in [0.25, 0.3) is 22.2 Å². The molecule has 7 rings (SSSR count). The van der Waals surface area contributed by atoms with Gasteiger partial charge in [-0.15, -0.1) is 0 Å². The maximum Gasteiger partial charge on any atom is 0.266 e. The topological polar surface area (TPSA) is 173 Å². The number of pyridine rings is 1. The summed E-state index contributed by atoms with van der Waals surface area (Å²) in [5.74, 6) is -1.58. The van der Waals surface area contributed by atoms with Crippen molar-refractivity contribution in [2.24, 2.45) is 5.92 Å². The number of carbonyl (C=O) groups excluding carboxylic acids is 4. The molecule has 1 aliphatic carbocycles. The number of anilines is 1. The number of para-hydroxylation sites is 1. The molecule has 1 saturated heterocycles. The molecule has 4 atom stereocenters. The van der Waals surface area contributed by atoms with Crippen molar-refractivity contribution in [3.05, 3.63) is 91.0 Å². The molecule has 274 valence electrons. The number of allylic oxidation sites excluding steroid dienone is 1. The van der Waals surface area contributed by atoms with Crippen molar-refractivity contribution in [2.75, 3.05) is 19.0 Å². The molecule has 1 saturated carbocycles. The minimum Gasteiger partial charge on any atom is -0.497 e. The first-order valence-corrected chi connectivity index (χ1v) is 18.9. The Morgan fingerprint density at radius 3 is 2.57 bits per heavy atom. The fraction of sp³-hybridized carbons (Fsp3) is 0.308. The summed E-state index contributed by atoms with van der Waals surface area (Å²) in [6, 6.07) is 21.7. The lowest BCUT2D eigenvalue weighted by Crippen LogP contribution is -2.56. The number of hydrogen-bond acceptors (Lipinski definition) is 9. The number of sulfonamides is 1. The molecule has 0 radical (unpaired) electrons. The third-order valence-electron chi connectivity index (χ3n) is 9.90. The van der Waals surface area contributed by atoms with E-state index in [2.05, 4.69) is 15.4 Å². The molecule has 0 unspecified atom stereocenters. The van der Waals surface area contributed by atoms with E-state index < -0.39 is 45.4 Å². The van der Waals surface area contributed by atoms with E-state index >= 15 is 0 Å². The van der Waals surface area contributed by atoms with Gasteiger partial charge in [-0.2, -0.15) is 0 Å². The highest BCUT2D eigenvalue weighted by Crippen LogP contribution is 2.46. The predicted molar refractivity (Wildman–Crippen MR) is 196 cm³/mol. The second-order valence-corrected chi connectivity index (χ2v) is 15.1. The van der Waals surface area contributed by atoms with E-state index in [1.807, 2.05) is 54.6 Å². The highest BCUT2D eigenvalue weighted by Gasteiger charge is 2.61. The van der Waals surface area contributed by atoms with E-state index in [0.29, 0.717) is 35.6 Å². The molecule has 53 heavy (non-hydrogen) atoms. The van der Waals surface area contributed by atoms with Gasteiger partial charge in [-0.3, -0.25) is 19.2 Å². The van der Waals surface area contributed by atoms with Gasteiger partial charge in [0.2, 0.25) is 17.7 Å². The number of benzene rings is 3. The molecule has 4 amide bonds. The summed E-state index contributed by atoms with van der Waals surface area (Å²) in [4.78, 5) is 59.4. The molecule has 0 spiro atoms. The number of rotatable bonds is 6. The average molecular weight is 738 g/mol. The Morgan fingerprint density at radius 2 is 1.79 bits per heavy atom. The number of carbonyl (C=O) groups is 4. The number of nitrogens with one attached hydrogen (secondary N) is 3. The number of ether oxygens (including phenoxy) is 2. The number of aromatic nitrogens is 1. The van der Waals surface area contributed by atoms with Crippen LogP contribution >= 0.6 is 0 Å². The standard InChI is InChI=1S/C39H39N5O8S/c1-24(45)44-23-28(52-34-21-31(25-11-5-3-6-12-25)40-32-19-27(51-2)17-18-29(32)34)20-33(44)37(47)42-39-22-26(39)13-7-4-8-16-36(46)41-30-14-9-10-15-35(30)53(49,50)43-38(39)48/h3,5-7,9-15,17-19,21,26,28,33H,4,8,16,20,22-23H2,1-2H3,(H,41,46)(H,42,47)(H,43,48)/b13-7+/t26-,28-,33+,39-/m1/s1. The lowest BCUT2D eigenvalue weighted by atomic mass is 10.1. The van der Waals surface area contributed by atoms with Crippen LogP contribution in [0.5, 0.6) is 11.5 Å². The quantitative estimate of drug-likeness (QED) is 0.244. The molecule has 3 N–H and O–H groups in total. The maximum atomic E-state index is 14.1. The van der Waals surface area contributed by atoms with Crippen LogP contribution in [-0.4, -0.2) is 73.3 Å². The van der Waals surface area contributed by atoms with Crippen LogP contribution in [0.4, 0.5) is 5.69 Å². The summed E-state index contributed by atoms with van der Waals surface area (Å²) in [6.45, 7) is 1.47. The Labute approximate surface area is 306 Å². The molecular weight excluding hydrogens is 699 g/mol. The van der Waals surface area contributed by atoms with E-state index in [-0.39, 0.29) is 48.2 Å². The number of likely N-dealkylation sites (tertiary alicyclic amines) is 1. The van der Waals surface area contributed by atoms with Gasteiger partial charge in [0.15, 0.2) is 0 Å². The molecule has 3 heterocycles. The monoisotopic (exact) mass is 737 g/mol. The summed E-state index contributed by atoms with van der Waals surface area (Å²) < 4.78 is 41.2. The number of methoxy groups -OCH3 is 1. The van der Waals surface area contributed by atoms with E-state index in [4.69, 9.17) is 14.5 Å². The van der Waals surface area contributed by atoms with E-state index in [9.17, 15) is 27.6 Å². The van der Waals surface area contributed by atoms with E-state index in [1.165, 1.54) is 30.0 Å². The number of amides is 4. The highest BCUT2D eigenvalue weighted by molar-refractivity contribution is 7.90. The third kappa shape index (κ3) is 7.31. The Kier molecular flexibility index (Phi) is 9.64. The summed E-state index contributed by atoms with van der Waals surface area (Å²) in [5.41, 5.74) is 0.656. The molecule has 0 bridgehead atoms. The van der Waals surface area contributed by atoms with Crippen molar-refractivity contribution < 1.29 is 37.1 Å². The molecule has 14 heteroatoms. The van der Waals surface area contributed by atoms with Crippen LogP contribution in [0.3, 0.4) is 0 Å². The number of nitrogens with zero attached hydrogens (tertiary/aromatic N) is 2. The van der Waals surface area contributed by atoms with Gasteiger partial charge >= 0.3 is 0 Å². The first-order chi connectivity index (χ1) is 25.5. The summed E-state index contributed by atoms with van der Waals surface area (Å²) in [7, 11) is -2.89. The minimum absolute atomic E-state index is 0.0435. The van der Waals surface area contributed by atoms with Crippen LogP contribution in [0, 0.1) is 5.92 Å². The van der Waals surface area contributed by atoms with Crippen molar-refractivity contribution in [3.63, 3.8) is 0 Å². The fourth-order valence-corrected chi connectivity index (χ4v) is 8.23. The smallest absolute Gasteiger partial charge is 0.266 e. The van der Waals surface area contributed by atoms with Crippen LogP contribution in [0.15, 0.2) is 95.9 Å². The first-order valence-electron chi connectivity index (χ1n) is 17.4.